The third-order valence-electron chi connectivity index (χ3n) is 2.21. The van der Waals surface area contributed by atoms with Crippen molar-refractivity contribution in [2.45, 2.75) is 51.7 Å². The van der Waals surface area contributed by atoms with E-state index in [0.717, 1.165) is 5.56 Å². The van der Waals surface area contributed by atoms with Crippen molar-refractivity contribution in [3.8, 4) is 5.75 Å². The van der Waals surface area contributed by atoms with Crippen molar-refractivity contribution in [3.63, 3.8) is 0 Å². The average molecular weight is 271 g/mol. The summed E-state index contributed by atoms with van der Waals surface area (Å²) in [6.45, 7) is 9.29. The summed E-state index contributed by atoms with van der Waals surface area (Å²) < 4.78 is 32.1. The largest absolute Gasteiger partial charge is 0.491 e. The molecule has 102 valence electrons. The Hall–Kier alpha value is -1.07. The maximum absolute atomic E-state index is 12.0. The van der Waals surface area contributed by atoms with E-state index in [1.165, 1.54) is 0 Å². The highest BCUT2D eigenvalue weighted by atomic mass is 32.2. The molecular formula is C13H21NO3S. The van der Waals surface area contributed by atoms with Crippen molar-refractivity contribution in [2.24, 2.45) is 0 Å². The van der Waals surface area contributed by atoms with Gasteiger partial charge < -0.3 is 4.74 Å². The molecule has 4 nitrogen and oxygen atoms in total. The van der Waals surface area contributed by atoms with Gasteiger partial charge in [0.05, 0.1) is 11.0 Å². The molecule has 0 aliphatic carbocycles. The third-order valence-corrected chi connectivity index (χ3v) is 3.87. The molecule has 0 radical (unpaired) electrons. The van der Waals surface area contributed by atoms with Crippen molar-refractivity contribution < 1.29 is 13.2 Å². The number of hydrogen-bond acceptors (Lipinski definition) is 3. The summed E-state index contributed by atoms with van der Waals surface area (Å²) in [6.07, 6.45) is 0.0694. The van der Waals surface area contributed by atoms with Crippen LogP contribution in [0.2, 0.25) is 0 Å². The maximum Gasteiger partial charge on any atom is 0.240 e. The minimum absolute atomic E-state index is 0.0694. The first-order valence-corrected chi connectivity index (χ1v) is 7.50. The highest BCUT2D eigenvalue weighted by Gasteiger charge is 2.16. The van der Waals surface area contributed by atoms with Gasteiger partial charge in [0, 0.05) is 6.04 Å². The maximum atomic E-state index is 12.0. The van der Waals surface area contributed by atoms with Gasteiger partial charge in [0.1, 0.15) is 5.75 Å². The van der Waals surface area contributed by atoms with E-state index in [1.54, 1.807) is 32.0 Å². The van der Waals surface area contributed by atoms with E-state index >= 15 is 0 Å². The second-order valence-corrected chi connectivity index (χ2v) is 6.58. The molecule has 1 rings (SSSR count). The second-order valence-electron chi connectivity index (χ2n) is 4.87. The highest BCUT2D eigenvalue weighted by Crippen LogP contribution is 2.22. The molecule has 1 N–H and O–H groups in total. The number of aryl methyl sites for hydroxylation is 1. The van der Waals surface area contributed by atoms with Crippen LogP contribution in [0.5, 0.6) is 5.75 Å². The van der Waals surface area contributed by atoms with Gasteiger partial charge in [-0.2, -0.15) is 0 Å². The van der Waals surface area contributed by atoms with Crippen LogP contribution in [0.1, 0.15) is 33.3 Å². The first-order chi connectivity index (χ1) is 8.22. The average Bonchev–Trinajstić information content (AvgIpc) is 2.18. The fourth-order valence-electron chi connectivity index (χ4n) is 1.55. The lowest BCUT2D eigenvalue weighted by molar-refractivity contribution is 0.240. The predicted octanol–water partition coefficient (Wildman–Crippen LogP) is 2.47. The molecule has 0 aliphatic heterocycles. The van der Waals surface area contributed by atoms with Crippen LogP contribution in [0.25, 0.3) is 0 Å². The molecule has 0 unspecified atom stereocenters. The summed E-state index contributed by atoms with van der Waals surface area (Å²) in [7, 11) is -3.43. The van der Waals surface area contributed by atoms with Crippen LogP contribution in [0.4, 0.5) is 0 Å². The zero-order valence-electron chi connectivity index (χ0n) is 11.5. The molecule has 0 aromatic heterocycles. The Labute approximate surface area is 109 Å². The van der Waals surface area contributed by atoms with Crippen LogP contribution in [0.3, 0.4) is 0 Å². The third kappa shape index (κ3) is 3.99. The van der Waals surface area contributed by atoms with E-state index in [4.69, 9.17) is 4.74 Å². The van der Waals surface area contributed by atoms with Gasteiger partial charge in [0.25, 0.3) is 0 Å². The van der Waals surface area contributed by atoms with E-state index in [2.05, 4.69) is 4.72 Å². The molecule has 0 fully saturated rings. The molecule has 0 saturated carbocycles. The van der Waals surface area contributed by atoms with Crippen LogP contribution in [-0.2, 0) is 10.0 Å². The smallest absolute Gasteiger partial charge is 0.240 e. The fourth-order valence-corrected chi connectivity index (χ4v) is 2.89. The topological polar surface area (TPSA) is 55.4 Å². The first-order valence-electron chi connectivity index (χ1n) is 6.02. The Morgan fingerprint density at radius 2 is 1.78 bits per heavy atom. The summed E-state index contributed by atoms with van der Waals surface area (Å²) in [5, 5.41) is 0. The molecule has 0 atom stereocenters. The zero-order valence-corrected chi connectivity index (χ0v) is 12.3. The molecule has 1 aromatic rings. The first kappa shape index (κ1) is 15.0. The molecule has 5 heteroatoms. The lowest BCUT2D eigenvalue weighted by Crippen LogP contribution is -2.30. The Morgan fingerprint density at radius 3 is 2.22 bits per heavy atom. The van der Waals surface area contributed by atoms with Crippen molar-refractivity contribution in [3.05, 3.63) is 23.8 Å². The van der Waals surface area contributed by atoms with Crippen molar-refractivity contribution in [1.29, 1.82) is 0 Å². The van der Waals surface area contributed by atoms with E-state index in [9.17, 15) is 8.42 Å². The van der Waals surface area contributed by atoms with Crippen molar-refractivity contribution >= 4 is 10.0 Å². The number of benzene rings is 1. The molecule has 0 aliphatic rings. The molecule has 1 aromatic carbocycles. The summed E-state index contributed by atoms with van der Waals surface area (Å²) >= 11 is 0. The molecule has 0 amide bonds. The number of ether oxygens (including phenoxy) is 1. The van der Waals surface area contributed by atoms with Gasteiger partial charge in [-0.1, -0.05) is 0 Å². The van der Waals surface area contributed by atoms with Crippen molar-refractivity contribution in [2.75, 3.05) is 0 Å². The fraction of sp³-hybridized carbons (Fsp3) is 0.538. The van der Waals surface area contributed by atoms with E-state index in [1.807, 2.05) is 20.8 Å². The summed E-state index contributed by atoms with van der Waals surface area (Å²) in [4.78, 5) is 0.268. The van der Waals surface area contributed by atoms with Crippen LogP contribution in [-0.4, -0.2) is 20.6 Å². The SMILES string of the molecule is Cc1cc(S(=O)(=O)NC(C)C)ccc1OC(C)C. The van der Waals surface area contributed by atoms with Crippen LogP contribution >= 0.6 is 0 Å². The molecule has 0 bridgehead atoms. The quantitative estimate of drug-likeness (QED) is 0.895. The van der Waals surface area contributed by atoms with Crippen LogP contribution in [0.15, 0.2) is 23.1 Å². The van der Waals surface area contributed by atoms with Gasteiger partial charge in [0.15, 0.2) is 0 Å². The summed E-state index contributed by atoms with van der Waals surface area (Å²) in [6, 6.07) is 4.77. The van der Waals surface area contributed by atoms with E-state index < -0.39 is 10.0 Å². The predicted molar refractivity (Wildman–Crippen MR) is 72.4 cm³/mol. The second kappa shape index (κ2) is 5.71. The van der Waals surface area contributed by atoms with E-state index in [0.29, 0.717) is 5.75 Å². The minimum atomic E-state index is -3.43. The highest BCUT2D eigenvalue weighted by molar-refractivity contribution is 7.89. The van der Waals surface area contributed by atoms with Crippen molar-refractivity contribution in [1.82, 2.24) is 4.72 Å². The van der Waals surface area contributed by atoms with Gasteiger partial charge in [-0.25, -0.2) is 13.1 Å². The monoisotopic (exact) mass is 271 g/mol. The minimum Gasteiger partial charge on any atom is -0.491 e. The zero-order chi connectivity index (χ0) is 13.9. The lowest BCUT2D eigenvalue weighted by atomic mass is 10.2. The Bertz CT molecular complexity index is 507. The van der Waals surface area contributed by atoms with Crippen LogP contribution in [0, 0.1) is 6.92 Å². The normalized spacial score (nSPS) is 12.2. The summed E-state index contributed by atoms with van der Waals surface area (Å²) in [5.74, 6) is 0.716. The number of hydrogen-bond donors (Lipinski definition) is 1. The number of rotatable bonds is 5. The summed E-state index contributed by atoms with van der Waals surface area (Å²) in [5.41, 5.74) is 0.815. The standard InChI is InChI=1S/C13H21NO3S/c1-9(2)14-18(15,16)12-6-7-13(11(5)8-12)17-10(3)4/h6-10,14H,1-5H3. The van der Waals surface area contributed by atoms with Gasteiger partial charge in [-0.15, -0.1) is 0 Å². The van der Waals surface area contributed by atoms with Gasteiger partial charge in [-0.05, 0) is 58.4 Å². The Kier molecular flexibility index (Phi) is 4.76. The van der Waals surface area contributed by atoms with Gasteiger partial charge in [-0.3, -0.25) is 0 Å². The van der Waals surface area contributed by atoms with E-state index in [-0.39, 0.29) is 17.0 Å². The molecule has 0 spiro atoms. The number of sulfonamides is 1. The van der Waals surface area contributed by atoms with Crippen LogP contribution < -0.4 is 9.46 Å². The molecular weight excluding hydrogens is 250 g/mol. The van der Waals surface area contributed by atoms with Gasteiger partial charge >= 0.3 is 0 Å². The Morgan fingerprint density at radius 1 is 1.17 bits per heavy atom. The molecule has 18 heavy (non-hydrogen) atoms. The molecule has 0 saturated heterocycles. The number of nitrogens with one attached hydrogen (secondary N) is 1. The lowest BCUT2D eigenvalue weighted by Gasteiger charge is -2.14. The molecule has 0 heterocycles. The Balaban J connectivity index is 3.04. The van der Waals surface area contributed by atoms with Gasteiger partial charge in [0.2, 0.25) is 10.0 Å².